The lowest BCUT2D eigenvalue weighted by Crippen LogP contribution is -2.09. The number of hydrogen-bond donors (Lipinski definition) is 0. The molecular weight excluding hydrogens is 246 g/mol. The summed E-state index contributed by atoms with van der Waals surface area (Å²) in [4.78, 5) is 1.88. The summed E-state index contributed by atoms with van der Waals surface area (Å²) in [5, 5.41) is 0.420. The molecule has 1 aromatic carbocycles. The Labute approximate surface area is 103 Å². The Balaban J connectivity index is 2.27. The van der Waals surface area contributed by atoms with Crippen molar-refractivity contribution in [3.05, 3.63) is 29.4 Å². The van der Waals surface area contributed by atoms with Crippen LogP contribution in [0.15, 0.2) is 24.3 Å². The van der Waals surface area contributed by atoms with Gasteiger partial charge in [0.2, 0.25) is 0 Å². The van der Waals surface area contributed by atoms with Crippen molar-refractivity contribution in [1.29, 1.82) is 0 Å². The fourth-order valence-corrected chi connectivity index (χ4v) is 2.09. The lowest BCUT2D eigenvalue weighted by atomic mass is 10.3. The van der Waals surface area contributed by atoms with Crippen LogP contribution >= 0.6 is 23.3 Å². The van der Waals surface area contributed by atoms with Gasteiger partial charge in [0, 0.05) is 12.7 Å². The van der Waals surface area contributed by atoms with Crippen LogP contribution in [0.3, 0.4) is 0 Å². The molecule has 2 rings (SSSR count). The van der Waals surface area contributed by atoms with Crippen LogP contribution in [0.4, 0.5) is 11.5 Å². The number of benzene rings is 1. The molecule has 0 bridgehead atoms. The van der Waals surface area contributed by atoms with Crippen molar-refractivity contribution in [2.45, 2.75) is 0 Å². The largest absolute Gasteiger partial charge is 0.497 e. The van der Waals surface area contributed by atoms with Crippen molar-refractivity contribution in [2.24, 2.45) is 0 Å². The molecule has 0 fully saturated rings. The summed E-state index contributed by atoms with van der Waals surface area (Å²) in [5.74, 6) is 1.48. The molecule has 0 saturated carbocycles. The maximum Gasteiger partial charge on any atom is 0.187 e. The van der Waals surface area contributed by atoms with Crippen LogP contribution in [0.25, 0.3) is 0 Å². The van der Waals surface area contributed by atoms with Crippen molar-refractivity contribution >= 4 is 34.8 Å². The van der Waals surface area contributed by atoms with E-state index >= 15 is 0 Å². The first-order chi connectivity index (χ1) is 7.72. The summed E-state index contributed by atoms with van der Waals surface area (Å²) in [5.41, 5.74) is 0.982. The van der Waals surface area contributed by atoms with Gasteiger partial charge in [0.1, 0.15) is 5.75 Å². The van der Waals surface area contributed by atoms with E-state index in [0.29, 0.717) is 11.0 Å². The van der Waals surface area contributed by atoms with E-state index in [1.54, 1.807) is 7.11 Å². The molecule has 0 amide bonds. The van der Waals surface area contributed by atoms with Gasteiger partial charge >= 0.3 is 0 Å². The summed E-state index contributed by atoms with van der Waals surface area (Å²) in [6.45, 7) is 0. The monoisotopic (exact) mass is 255 g/mol. The second-order valence-electron chi connectivity index (χ2n) is 3.14. The molecule has 4 nitrogen and oxygen atoms in total. The Kier molecular flexibility index (Phi) is 3.26. The first-order valence-corrected chi connectivity index (χ1v) is 5.69. The van der Waals surface area contributed by atoms with Crippen molar-refractivity contribution < 1.29 is 4.74 Å². The predicted molar refractivity (Wildman–Crippen MR) is 66.0 cm³/mol. The SMILES string of the molecule is COc1ccc(N(C)c2nsnc2Cl)cc1. The molecule has 0 N–H and O–H groups in total. The molecule has 0 atom stereocenters. The van der Waals surface area contributed by atoms with Gasteiger partial charge in [0.15, 0.2) is 11.0 Å². The third-order valence-corrected chi connectivity index (χ3v) is 3.08. The van der Waals surface area contributed by atoms with Gasteiger partial charge in [-0.25, -0.2) is 0 Å². The van der Waals surface area contributed by atoms with Gasteiger partial charge in [0.05, 0.1) is 18.8 Å². The van der Waals surface area contributed by atoms with E-state index in [1.165, 1.54) is 0 Å². The molecule has 0 spiro atoms. The number of aromatic nitrogens is 2. The molecule has 1 heterocycles. The van der Waals surface area contributed by atoms with Crippen LogP contribution in [-0.2, 0) is 0 Å². The highest BCUT2D eigenvalue weighted by atomic mass is 35.5. The molecule has 16 heavy (non-hydrogen) atoms. The summed E-state index contributed by atoms with van der Waals surface area (Å²) in [6, 6.07) is 7.65. The maximum absolute atomic E-state index is 5.91. The molecule has 2 aromatic rings. The van der Waals surface area contributed by atoms with Crippen LogP contribution in [0.5, 0.6) is 5.75 Å². The number of halogens is 1. The highest BCUT2D eigenvalue weighted by Crippen LogP contribution is 2.29. The zero-order chi connectivity index (χ0) is 11.5. The number of hydrogen-bond acceptors (Lipinski definition) is 5. The lowest BCUT2D eigenvalue weighted by molar-refractivity contribution is 0.415. The van der Waals surface area contributed by atoms with Gasteiger partial charge in [-0.05, 0) is 24.3 Å². The average molecular weight is 256 g/mol. The molecule has 1 aromatic heterocycles. The van der Waals surface area contributed by atoms with Gasteiger partial charge in [-0.1, -0.05) is 11.6 Å². The predicted octanol–water partition coefficient (Wildman–Crippen LogP) is 2.97. The van der Waals surface area contributed by atoms with E-state index in [-0.39, 0.29) is 0 Å². The third-order valence-electron chi connectivity index (χ3n) is 2.21. The Hall–Kier alpha value is -1.33. The first kappa shape index (κ1) is 11.2. The highest BCUT2D eigenvalue weighted by Gasteiger charge is 2.12. The van der Waals surface area contributed by atoms with Gasteiger partial charge in [-0.3, -0.25) is 0 Å². The quantitative estimate of drug-likeness (QED) is 0.845. The third kappa shape index (κ3) is 2.10. The zero-order valence-electron chi connectivity index (χ0n) is 8.85. The van der Waals surface area contributed by atoms with E-state index in [1.807, 2.05) is 36.2 Å². The van der Waals surface area contributed by atoms with E-state index in [2.05, 4.69) is 8.75 Å². The molecule has 0 aliphatic carbocycles. The minimum Gasteiger partial charge on any atom is -0.497 e. The van der Waals surface area contributed by atoms with Crippen LogP contribution < -0.4 is 9.64 Å². The van der Waals surface area contributed by atoms with Gasteiger partial charge < -0.3 is 9.64 Å². The van der Waals surface area contributed by atoms with Gasteiger partial charge in [0.25, 0.3) is 0 Å². The zero-order valence-corrected chi connectivity index (χ0v) is 10.4. The summed E-state index contributed by atoms with van der Waals surface area (Å²) in [7, 11) is 3.53. The molecule has 0 radical (unpaired) electrons. The van der Waals surface area contributed by atoms with Crippen molar-refractivity contribution in [3.8, 4) is 5.75 Å². The van der Waals surface area contributed by atoms with Crippen LogP contribution in [-0.4, -0.2) is 22.9 Å². The summed E-state index contributed by atoms with van der Waals surface area (Å²) < 4.78 is 13.1. The summed E-state index contributed by atoms with van der Waals surface area (Å²) >= 11 is 7.01. The first-order valence-electron chi connectivity index (χ1n) is 4.58. The molecule has 0 unspecified atom stereocenters. The topological polar surface area (TPSA) is 38.2 Å². The van der Waals surface area contributed by atoms with E-state index in [9.17, 15) is 0 Å². The van der Waals surface area contributed by atoms with Gasteiger partial charge in [-0.2, -0.15) is 8.75 Å². The van der Waals surface area contributed by atoms with Crippen LogP contribution in [0, 0.1) is 0 Å². The molecule has 0 aliphatic heterocycles. The molecular formula is C10H10ClN3OS. The smallest absolute Gasteiger partial charge is 0.187 e. The molecule has 0 aliphatic rings. The number of rotatable bonds is 3. The fraction of sp³-hybridized carbons (Fsp3) is 0.200. The number of anilines is 2. The van der Waals surface area contributed by atoms with Crippen LogP contribution in [0.2, 0.25) is 5.15 Å². The van der Waals surface area contributed by atoms with Gasteiger partial charge in [-0.15, -0.1) is 0 Å². The number of ether oxygens (including phenoxy) is 1. The van der Waals surface area contributed by atoms with E-state index in [0.717, 1.165) is 23.2 Å². The highest BCUT2D eigenvalue weighted by molar-refractivity contribution is 6.99. The average Bonchev–Trinajstić information content (AvgIpc) is 2.75. The van der Waals surface area contributed by atoms with E-state index in [4.69, 9.17) is 16.3 Å². The van der Waals surface area contributed by atoms with E-state index < -0.39 is 0 Å². The Morgan fingerprint density at radius 1 is 1.25 bits per heavy atom. The number of methoxy groups -OCH3 is 1. The number of nitrogens with zero attached hydrogens (tertiary/aromatic N) is 3. The minimum absolute atomic E-state index is 0.420. The Bertz CT molecular complexity index is 471. The second kappa shape index (κ2) is 4.67. The van der Waals surface area contributed by atoms with Crippen molar-refractivity contribution in [3.63, 3.8) is 0 Å². The maximum atomic E-state index is 5.91. The molecule has 6 heteroatoms. The standard InChI is InChI=1S/C10H10ClN3OS/c1-14(10-9(11)12-16-13-10)7-3-5-8(15-2)6-4-7/h3-6H,1-2H3. The molecule has 84 valence electrons. The normalized spacial score (nSPS) is 10.2. The molecule has 0 saturated heterocycles. The van der Waals surface area contributed by atoms with Crippen LogP contribution in [0.1, 0.15) is 0 Å². The second-order valence-corrected chi connectivity index (χ2v) is 4.02. The van der Waals surface area contributed by atoms with Crippen molar-refractivity contribution in [2.75, 3.05) is 19.1 Å². The minimum atomic E-state index is 0.420. The summed E-state index contributed by atoms with van der Waals surface area (Å²) in [6.07, 6.45) is 0. The Morgan fingerprint density at radius 2 is 1.94 bits per heavy atom. The van der Waals surface area contributed by atoms with Crippen molar-refractivity contribution in [1.82, 2.24) is 8.75 Å². The lowest BCUT2D eigenvalue weighted by Gasteiger charge is -2.16. The fourth-order valence-electron chi connectivity index (χ4n) is 1.30. The Morgan fingerprint density at radius 3 is 2.44 bits per heavy atom.